The number of hydrogen-bond donors (Lipinski definition) is 2. The number of aliphatic imine (C=N–C) groups is 1. The highest BCUT2D eigenvalue weighted by atomic mass is 35.5. The first-order valence-corrected chi connectivity index (χ1v) is 7.30. The third-order valence-electron chi connectivity index (χ3n) is 3.20. The van der Waals surface area contributed by atoms with Gasteiger partial charge in [-0.3, -0.25) is 4.79 Å². The third kappa shape index (κ3) is 3.52. The van der Waals surface area contributed by atoms with E-state index < -0.39 is 11.7 Å². The number of amides is 1. The Kier molecular flexibility index (Phi) is 4.43. The molecule has 0 saturated heterocycles. The van der Waals surface area contributed by atoms with Crippen molar-refractivity contribution in [3.63, 3.8) is 0 Å². The van der Waals surface area contributed by atoms with Gasteiger partial charge in [0.25, 0.3) is 11.9 Å². The van der Waals surface area contributed by atoms with Crippen molar-refractivity contribution < 1.29 is 13.9 Å². The number of amidine groups is 1. The van der Waals surface area contributed by atoms with Crippen molar-refractivity contribution in [3.8, 4) is 0 Å². The van der Waals surface area contributed by atoms with Crippen molar-refractivity contribution in [2.45, 2.75) is 0 Å². The Labute approximate surface area is 141 Å². The number of nitrogens with zero attached hydrogens (tertiary/aromatic N) is 2. The summed E-state index contributed by atoms with van der Waals surface area (Å²) in [6, 6.07) is 7.17. The molecule has 1 aromatic carbocycles. The second-order valence-corrected chi connectivity index (χ2v) is 5.30. The largest absolute Gasteiger partial charge is 0.461 e. The fourth-order valence-corrected chi connectivity index (χ4v) is 2.19. The first-order valence-electron chi connectivity index (χ1n) is 6.93. The van der Waals surface area contributed by atoms with Gasteiger partial charge < -0.3 is 15.8 Å². The van der Waals surface area contributed by atoms with E-state index in [0.717, 1.165) is 0 Å². The van der Waals surface area contributed by atoms with Crippen molar-refractivity contribution in [2.75, 3.05) is 11.9 Å². The van der Waals surface area contributed by atoms with E-state index in [4.69, 9.17) is 22.1 Å². The van der Waals surface area contributed by atoms with Crippen LogP contribution in [0.4, 0.5) is 10.1 Å². The van der Waals surface area contributed by atoms with Crippen LogP contribution in [0.1, 0.15) is 16.1 Å². The molecular formula is C16H12ClFN4O2. The summed E-state index contributed by atoms with van der Waals surface area (Å²) in [5.74, 6) is -0.921. The van der Waals surface area contributed by atoms with Gasteiger partial charge in [0.2, 0.25) is 0 Å². The monoisotopic (exact) mass is 346 g/mol. The number of halogens is 2. The van der Waals surface area contributed by atoms with E-state index in [1.54, 1.807) is 12.1 Å². The molecule has 1 aliphatic heterocycles. The lowest BCUT2D eigenvalue weighted by Crippen LogP contribution is -2.19. The fraction of sp³-hybridized carbons (Fsp3) is 0.0625. The Balaban J connectivity index is 1.85. The number of aromatic nitrogens is 1. The minimum atomic E-state index is -0.484. The van der Waals surface area contributed by atoms with Gasteiger partial charge >= 0.3 is 0 Å². The average Bonchev–Trinajstić information content (AvgIpc) is 2.57. The number of pyridine rings is 1. The molecule has 0 atom stereocenters. The molecule has 3 rings (SSSR count). The molecule has 122 valence electrons. The molecule has 24 heavy (non-hydrogen) atoms. The smallest absolute Gasteiger partial charge is 0.287 e. The van der Waals surface area contributed by atoms with Crippen molar-refractivity contribution in [1.29, 1.82) is 0 Å². The molecule has 8 heteroatoms. The summed E-state index contributed by atoms with van der Waals surface area (Å²) >= 11 is 5.74. The van der Waals surface area contributed by atoms with Crippen LogP contribution in [0.5, 0.6) is 0 Å². The zero-order valence-electron chi connectivity index (χ0n) is 12.3. The zero-order valence-corrected chi connectivity index (χ0v) is 13.0. The maximum atomic E-state index is 14.1. The van der Waals surface area contributed by atoms with Gasteiger partial charge in [0.1, 0.15) is 18.1 Å². The quantitative estimate of drug-likeness (QED) is 0.894. The molecule has 0 aliphatic carbocycles. The molecule has 1 amide bonds. The third-order valence-corrected chi connectivity index (χ3v) is 3.42. The Morgan fingerprint density at radius 3 is 2.88 bits per heavy atom. The topological polar surface area (TPSA) is 89.6 Å². The van der Waals surface area contributed by atoms with Crippen LogP contribution in [0.25, 0.3) is 5.70 Å². The number of nitrogens with one attached hydrogen (secondary N) is 1. The van der Waals surface area contributed by atoms with Crippen LogP contribution in [0.2, 0.25) is 5.02 Å². The summed E-state index contributed by atoms with van der Waals surface area (Å²) in [7, 11) is 0. The van der Waals surface area contributed by atoms with Gasteiger partial charge in [-0.05, 0) is 36.4 Å². The number of ether oxygens (including phenoxy) is 1. The molecule has 6 nitrogen and oxygen atoms in total. The second-order valence-electron chi connectivity index (χ2n) is 4.86. The summed E-state index contributed by atoms with van der Waals surface area (Å²) in [6.45, 7) is 0.204. The average molecular weight is 347 g/mol. The van der Waals surface area contributed by atoms with Crippen LogP contribution in [-0.2, 0) is 4.74 Å². The van der Waals surface area contributed by atoms with Gasteiger partial charge in [-0.25, -0.2) is 9.37 Å². The number of nitrogens with two attached hydrogens (primary N) is 1. The predicted molar refractivity (Wildman–Crippen MR) is 89.2 cm³/mol. The standard InChI is InChI=1S/C16H12ClFN4O2/c17-9-1-4-14(20-8-9)15(23)21-10-2-3-12(18)11(7-10)13-5-6-24-16(19)22-13/h1-5,7-8H,6H2,(H2,19,22)(H,21,23). The van der Waals surface area contributed by atoms with Crippen molar-refractivity contribution in [2.24, 2.45) is 10.7 Å². The number of carbonyl (C=O) groups is 1. The Bertz CT molecular complexity index is 850. The van der Waals surface area contributed by atoms with Gasteiger partial charge in [-0.15, -0.1) is 0 Å². The maximum absolute atomic E-state index is 14.1. The van der Waals surface area contributed by atoms with E-state index in [-0.39, 0.29) is 23.9 Å². The Morgan fingerprint density at radius 1 is 1.33 bits per heavy atom. The van der Waals surface area contributed by atoms with E-state index >= 15 is 0 Å². The number of hydrogen-bond acceptors (Lipinski definition) is 5. The lowest BCUT2D eigenvalue weighted by Gasteiger charge is -2.13. The molecule has 2 aromatic rings. The molecule has 0 fully saturated rings. The summed E-state index contributed by atoms with van der Waals surface area (Å²) in [5, 5.41) is 3.07. The van der Waals surface area contributed by atoms with E-state index in [1.807, 2.05) is 0 Å². The fourth-order valence-electron chi connectivity index (χ4n) is 2.08. The van der Waals surface area contributed by atoms with Crippen LogP contribution in [0, 0.1) is 5.82 Å². The van der Waals surface area contributed by atoms with Crippen LogP contribution in [-0.4, -0.2) is 23.5 Å². The molecule has 1 aliphatic rings. The maximum Gasteiger partial charge on any atom is 0.287 e. The van der Waals surface area contributed by atoms with Crippen LogP contribution in [0.15, 0.2) is 47.6 Å². The summed E-state index contributed by atoms with van der Waals surface area (Å²) in [4.78, 5) is 20.0. The van der Waals surface area contributed by atoms with Crippen molar-refractivity contribution in [1.82, 2.24) is 4.98 Å². The molecular weight excluding hydrogens is 335 g/mol. The first-order chi connectivity index (χ1) is 11.5. The molecule has 0 unspecified atom stereocenters. The predicted octanol–water partition coefficient (Wildman–Crippen LogP) is 2.81. The molecule has 0 bridgehead atoms. The van der Waals surface area contributed by atoms with E-state index in [9.17, 15) is 9.18 Å². The van der Waals surface area contributed by atoms with Crippen LogP contribution < -0.4 is 11.1 Å². The molecule has 3 N–H and O–H groups in total. The SMILES string of the molecule is NC1=NC(c2cc(NC(=O)c3ccc(Cl)cn3)ccc2F)=CCO1. The highest BCUT2D eigenvalue weighted by Crippen LogP contribution is 2.25. The summed E-state index contributed by atoms with van der Waals surface area (Å²) in [5.41, 5.74) is 6.64. The summed E-state index contributed by atoms with van der Waals surface area (Å²) in [6.07, 6.45) is 2.97. The number of carbonyl (C=O) groups excluding carboxylic acids is 1. The highest BCUT2D eigenvalue weighted by Gasteiger charge is 2.14. The zero-order chi connectivity index (χ0) is 17.1. The van der Waals surface area contributed by atoms with Gasteiger partial charge in [0.15, 0.2) is 0 Å². The molecule has 0 radical (unpaired) electrons. The van der Waals surface area contributed by atoms with Crippen molar-refractivity contribution in [3.05, 3.63) is 64.7 Å². The van der Waals surface area contributed by atoms with Gasteiger partial charge in [0, 0.05) is 17.4 Å². The van der Waals surface area contributed by atoms with Crippen molar-refractivity contribution >= 4 is 34.9 Å². The normalized spacial score (nSPS) is 13.6. The van der Waals surface area contributed by atoms with Crippen LogP contribution >= 0.6 is 11.6 Å². The van der Waals surface area contributed by atoms with E-state index in [2.05, 4.69) is 15.3 Å². The summed E-state index contributed by atoms with van der Waals surface area (Å²) < 4.78 is 19.0. The highest BCUT2D eigenvalue weighted by molar-refractivity contribution is 6.30. The molecule has 0 saturated carbocycles. The van der Waals surface area contributed by atoms with E-state index in [0.29, 0.717) is 16.4 Å². The van der Waals surface area contributed by atoms with Crippen LogP contribution in [0.3, 0.4) is 0 Å². The van der Waals surface area contributed by atoms with Gasteiger partial charge in [-0.2, -0.15) is 4.99 Å². The Morgan fingerprint density at radius 2 is 2.17 bits per heavy atom. The minimum Gasteiger partial charge on any atom is -0.461 e. The lowest BCUT2D eigenvalue weighted by atomic mass is 10.1. The van der Waals surface area contributed by atoms with E-state index in [1.165, 1.54) is 30.5 Å². The Hall–Kier alpha value is -2.93. The van der Waals surface area contributed by atoms with Gasteiger partial charge in [0.05, 0.1) is 10.7 Å². The molecule has 2 heterocycles. The minimum absolute atomic E-state index is 0.0355. The second kappa shape index (κ2) is 6.67. The lowest BCUT2D eigenvalue weighted by molar-refractivity contribution is 0.102. The number of benzene rings is 1. The first kappa shape index (κ1) is 15.9. The van der Waals surface area contributed by atoms with Gasteiger partial charge in [-0.1, -0.05) is 11.6 Å². The molecule has 1 aromatic heterocycles. The number of anilines is 1. The number of rotatable bonds is 3. The molecule has 0 spiro atoms.